The number of phenolic OH excluding ortho intramolecular Hbond substituents is 1. The van der Waals surface area contributed by atoms with Crippen LogP contribution in [0.25, 0.3) is 0 Å². The number of amides is 1. The Morgan fingerprint density at radius 1 is 1.25 bits per heavy atom. The largest absolute Gasteiger partial charge is 0.508 e. The Bertz CT molecular complexity index is 370. The van der Waals surface area contributed by atoms with E-state index in [4.69, 9.17) is 0 Å². The lowest BCUT2D eigenvalue weighted by Crippen LogP contribution is -2.31. The predicted molar refractivity (Wildman–Crippen MR) is 64.7 cm³/mol. The number of hydrogen-bond acceptors (Lipinski definition) is 2. The quantitative estimate of drug-likeness (QED) is 0.848. The molecule has 1 aromatic rings. The molecule has 3 nitrogen and oxygen atoms in total. The molecule has 0 aliphatic heterocycles. The molecular formula is C13H19NO2. The zero-order chi connectivity index (χ0) is 12.1. The van der Waals surface area contributed by atoms with Gasteiger partial charge in [0.25, 0.3) is 5.91 Å². The SMILES string of the molecule is CCc1ccc(O)cc1C(=O)N(CC)CC. The number of phenols is 1. The second-order valence-electron chi connectivity index (χ2n) is 3.67. The van der Waals surface area contributed by atoms with Gasteiger partial charge in [0.05, 0.1) is 0 Å². The Hall–Kier alpha value is -1.51. The molecule has 0 radical (unpaired) electrons. The fraction of sp³-hybridized carbons (Fsp3) is 0.462. The first-order chi connectivity index (χ1) is 7.63. The van der Waals surface area contributed by atoms with Crippen LogP contribution in [0.4, 0.5) is 0 Å². The number of carbonyl (C=O) groups excluding carboxylic acids is 1. The minimum absolute atomic E-state index is 0.00208. The topological polar surface area (TPSA) is 40.5 Å². The molecule has 1 N–H and O–H groups in total. The Balaban J connectivity index is 3.10. The van der Waals surface area contributed by atoms with Crippen LogP contribution >= 0.6 is 0 Å². The average Bonchev–Trinajstić information content (AvgIpc) is 2.30. The summed E-state index contributed by atoms with van der Waals surface area (Å²) in [6, 6.07) is 4.99. The van der Waals surface area contributed by atoms with Crippen molar-refractivity contribution in [2.24, 2.45) is 0 Å². The number of hydrogen-bond donors (Lipinski definition) is 1. The third kappa shape index (κ3) is 2.54. The summed E-state index contributed by atoms with van der Waals surface area (Å²) >= 11 is 0. The number of carbonyl (C=O) groups is 1. The molecule has 1 aromatic carbocycles. The van der Waals surface area contributed by atoms with E-state index in [2.05, 4.69) is 0 Å². The fourth-order valence-electron chi connectivity index (χ4n) is 1.75. The van der Waals surface area contributed by atoms with Gasteiger partial charge in [0.2, 0.25) is 0 Å². The van der Waals surface area contributed by atoms with Crippen molar-refractivity contribution in [2.45, 2.75) is 27.2 Å². The molecule has 0 fully saturated rings. The number of nitrogens with zero attached hydrogens (tertiary/aromatic N) is 1. The molecule has 0 saturated carbocycles. The first-order valence-corrected chi connectivity index (χ1v) is 5.75. The summed E-state index contributed by atoms with van der Waals surface area (Å²) in [6.45, 7) is 7.29. The molecule has 0 unspecified atom stereocenters. The predicted octanol–water partition coefficient (Wildman–Crippen LogP) is 2.44. The first kappa shape index (κ1) is 12.6. The van der Waals surface area contributed by atoms with Crippen LogP contribution in [0.5, 0.6) is 5.75 Å². The van der Waals surface area contributed by atoms with Gasteiger partial charge in [-0.15, -0.1) is 0 Å². The lowest BCUT2D eigenvalue weighted by atomic mass is 10.0. The summed E-state index contributed by atoms with van der Waals surface area (Å²) in [4.78, 5) is 13.9. The summed E-state index contributed by atoms with van der Waals surface area (Å²) in [6.07, 6.45) is 0.794. The third-order valence-electron chi connectivity index (χ3n) is 2.76. The minimum atomic E-state index is -0.00208. The molecule has 1 amide bonds. The van der Waals surface area contributed by atoms with Crippen LogP contribution in [-0.4, -0.2) is 29.0 Å². The molecule has 0 aromatic heterocycles. The van der Waals surface area contributed by atoms with E-state index in [-0.39, 0.29) is 11.7 Å². The molecular weight excluding hydrogens is 202 g/mol. The van der Waals surface area contributed by atoms with E-state index in [0.29, 0.717) is 18.7 Å². The first-order valence-electron chi connectivity index (χ1n) is 5.75. The van der Waals surface area contributed by atoms with Crippen LogP contribution in [-0.2, 0) is 6.42 Å². The highest BCUT2D eigenvalue weighted by Crippen LogP contribution is 2.19. The average molecular weight is 221 g/mol. The van der Waals surface area contributed by atoms with E-state index in [1.165, 1.54) is 0 Å². The van der Waals surface area contributed by atoms with Crippen molar-refractivity contribution in [3.63, 3.8) is 0 Å². The fourth-order valence-corrected chi connectivity index (χ4v) is 1.75. The highest BCUT2D eigenvalue weighted by atomic mass is 16.3. The van der Waals surface area contributed by atoms with Gasteiger partial charge in [-0.3, -0.25) is 4.79 Å². The van der Waals surface area contributed by atoms with Gasteiger partial charge in [0, 0.05) is 18.7 Å². The van der Waals surface area contributed by atoms with Crippen molar-refractivity contribution in [1.29, 1.82) is 0 Å². The second kappa shape index (κ2) is 5.54. The smallest absolute Gasteiger partial charge is 0.254 e. The van der Waals surface area contributed by atoms with E-state index in [9.17, 15) is 9.90 Å². The van der Waals surface area contributed by atoms with Gasteiger partial charge in [-0.05, 0) is 38.0 Å². The lowest BCUT2D eigenvalue weighted by molar-refractivity contribution is 0.0771. The van der Waals surface area contributed by atoms with Crippen molar-refractivity contribution in [2.75, 3.05) is 13.1 Å². The zero-order valence-electron chi connectivity index (χ0n) is 10.2. The van der Waals surface area contributed by atoms with Crippen molar-refractivity contribution >= 4 is 5.91 Å². The van der Waals surface area contributed by atoms with Crippen LogP contribution < -0.4 is 0 Å². The maximum Gasteiger partial charge on any atom is 0.254 e. The molecule has 88 valence electrons. The molecule has 0 bridgehead atoms. The highest BCUT2D eigenvalue weighted by molar-refractivity contribution is 5.96. The normalized spacial score (nSPS) is 10.2. The van der Waals surface area contributed by atoms with E-state index < -0.39 is 0 Å². The van der Waals surface area contributed by atoms with Crippen LogP contribution in [0.1, 0.15) is 36.7 Å². The number of aryl methyl sites for hydroxylation is 1. The molecule has 3 heteroatoms. The third-order valence-corrected chi connectivity index (χ3v) is 2.76. The summed E-state index contributed by atoms with van der Waals surface area (Å²) in [5.74, 6) is 0.144. The molecule has 0 saturated heterocycles. The van der Waals surface area contributed by atoms with E-state index in [1.54, 1.807) is 17.0 Å². The van der Waals surface area contributed by atoms with Gasteiger partial charge in [-0.25, -0.2) is 0 Å². The molecule has 0 aliphatic carbocycles. The minimum Gasteiger partial charge on any atom is -0.508 e. The van der Waals surface area contributed by atoms with E-state index in [0.717, 1.165) is 12.0 Å². The lowest BCUT2D eigenvalue weighted by Gasteiger charge is -2.20. The van der Waals surface area contributed by atoms with Gasteiger partial charge in [0.15, 0.2) is 0 Å². The van der Waals surface area contributed by atoms with E-state index in [1.807, 2.05) is 26.8 Å². The number of benzene rings is 1. The van der Waals surface area contributed by atoms with Crippen LogP contribution in [0.3, 0.4) is 0 Å². The maximum absolute atomic E-state index is 12.2. The molecule has 0 atom stereocenters. The summed E-state index contributed by atoms with van der Waals surface area (Å²) in [5.41, 5.74) is 1.60. The van der Waals surface area contributed by atoms with Crippen molar-refractivity contribution < 1.29 is 9.90 Å². The molecule has 16 heavy (non-hydrogen) atoms. The van der Waals surface area contributed by atoms with Crippen LogP contribution in [0.15, 0.2) is 18.2 Å². The van der Waals surface area contributed by atoms with Gasteiger partial charge >= 0.3 is 0 Å². The van der Waals surface area contributed by atoms with Gasteiger partial charge in [0.1, 0.15) is 5.75 Å². The Morgan fingerprint density at radius 2 is 1.88 bits per heavy atom. The van der Waals surface area contributed by atoms with Crippen molar-refractivity contribution in [3.8, 4) is 5.75 Å². The van der Waals surface area contributed by atoms with Gasteiger partial charge in [-0.2, -0.15) is 0 Å². The number of aromatic hydroxyl groups is 1. The number of rotatable bonds is 4. The molecule has 0 heterocycles. The zero-order valence-corrected chi connectivity index (χ0v) is 10.2. The summed E-state index contributed by atoms with van der Waals surface area (Å²) in [5, 5.41) is 9.44. The second-order valence-corrected chi connectivity index (χ2v) is 3.67. The Labute approximate surface area is 96.7 Å². The molecule has 1 rings (SSSR count). The highest BCUT2D eigenvalue weighted by Gasteiger charge is 2.16. The van der Waals surface area contributed by atoms with Crippen molar-refractivity contribution in [3.05, 3.63) is 29.3 Å². The van der Waals surface area contributed by atoms with E-state index >= 15 is 0 Å². The van der Waals surface area contributed by atoms with Gasteiger partial charge in [-0.1, -0.05) is 13.0 Å². The monoisotopic (exact) mass is 221 g/mol. The molecule has 0 spiro atoms. The Morgan fingerprint density at radius 3 is 2.38 bits per heavy atom. The Kier molecular flexibility index (Phi) is 4.35. The standard InChI is InChI=1S/C13H19NO2/c1-4-10-7-8-11(15)9-12(10)13(16)14(5-2)6-3/h7-9,15H,4-6H2,1-3H3. The molecule has 0 aliphatic rings. The van der Waals surface area contributed by atoms with Gasteiger partial charge < -0.3 is 10.0 Å². The summed E-state index contributed by atoms with van der Waals surface area (Å²) in [7, 11) is 0. The van der Waals surface area contributed by atoms with Crippen LogP contribution in [0.2, 0.25) is 0 Å². The van der Waals surface area contributed by atoms with Crippen LogP contribution in [0, 0.1) is 0 Å². The summed E-state index contributed by atoms with van der Waals surface area (Å²) < 4.78 is 0. The van der Waals surface area contributed by atoms with Crippen molar-refractivity contribution in [1.82, 2.24) is 4.90 Å². The maximum atomic E-state index is 12.2.